The quantitative estimate of drug-likeness (QED) is 0.441. The fraction of sp³-hybridized carbons (Fsp3) is 0.240. The van der Waals surface area contributed by atoms with Crippen molar-refractivity contribution in [2.24, 2.45) is 11.0 Å². The minimum atomic E-state index is -0.318. The van der Waals surface area contributed by atoms with E-state index in [1.165, 1.54) is 5.57 Å². The summed E-state index contributed by atoms with van der Waals surface area (Å²) in [7, 11) is 0. The Bertz CT molecular complexity index is 1310. The molecule has 1 amide bonds. The highest BCUT2D eigenvalue weighted by atomic mass is 16.5. The minimum Gasteiger partial charge on any atom is -0.426 e. The lowest BCUT2D eigenvalue weighted by atomic mass is 9.99. The summed E-state index contributed by atoms with van der Waals surface area (Å²) in [5.41, 5.74) is 7.94. The largest absolute Gasteiger partial charge is 0.426 e. The molecule has 6 rings (SSSR count). The maximum atomic E-state index is 12.8. The number of benzene rings is 2. The maximum absolute atomic E-state index is 12.8. The molecular formula is C25H22N4O3. The normalized spacial score (nSPS) is 21.6. The van der Waals surface area contributed by atoms with E-state index in [0.717, 1.165) is 53.7 Å². The first-order valence-electron chi connectivity index (χ1n) is 10.9. The van der Waals surface area contributed by atoms with Gasteiger partial charge < -0.3 is 15.0 Å². The van der Waals surface area contributed by atoms with Gasteiger partial charge in [0.1, 0.15) is 5.75 Å². The van der Waals surface area contributed by atoms with Crippen LogP contribution >= 0.6 is 0 Å². The molecule has 1 aliphatic carbocycles. The average molecular weight is 426 g/mol. The Balaban J connectivity index is 1.34. The molecule has 3 N–H and O–H groups in total. The zero-order valence-electron chi connectivity index (χ0n) is 17.4. The van der Waals surface area contributed by atoms with E-state index in [-0.39, 0.29) is 23.7 Å². The van der Waals surface area contributed by atoms with Crippen LogP contribution in [0.3, 0.4) is 0 Å². The van der Waals surface area contributed by atoms with Crippen LogP contribution in [0.5, 0.6) is 5.75 Å². The third-order valence-corrected chi connectivity index (χ3v) is 6.44. The predicted molar refractivity (Wildman–Crippen MR) is 122 cm³/mol. The van der Waals surface area contributed by atoms with Crippen molar-refractivity contribution in [2.45, 2.75) is 18.8 Å². The molecule has 0 unspecified atom stereocenters. The van der Waals surface area contributed by atoms with Gasteiger partial charge in [-0.15, -0.1) is 0 Å². The number of ether oxygens (including phenoxy) is 1. The second kappa shape index (κ2) is 7.46. The average Bonchev–Trinajstić information content (AvgIpc) is 3.57. The summed E-state index contributed by atoms with van der Waals surface area (Å²) < 4.78 is 5.74. The number of nitrogens with one attached hydrogen (secondary N) is 3. The van der Waals surface area contributed by atoms with Gasteiger partial charge in [0.05, 0.1) is 28.9 Å². The first-order chi connectivity index (χ1) is 15.7. The van der Waals surface area contributed by atoms with Gasteiger partial charge in [-0.2, -0.15) is 5.10 Å². The van der Waals surface area contributed by atoms with Crippen molar-refractivity contribution in [1.29, 1.82) is 0 Å². The SMILES string of the molecule is O=C1NN=Cc2c(C3=CCNCC3)[nH]c3cc(OC(=O)[C@@H]4C[C@H]4c4ccccc4)cc1c23. The summed E-state index contributed by atoms with van der Waals surface area (Å²) in [6, 6.07) is 13.5. The third kappa shape index (κ3) is 3.22. The summed E-state index contributed by atoms with van der Waals surface area (Å²) in [5, 5.41) is 8.21. The summed E-state index contributed by atoms with van der Waals surface area (Å²) in [6.07, 6.45) is 5.50. The van der Waals surface area contributed by atoms with Crippen LogP contribution in [0.25, 0.3) is 16.5 Å². The van der Waals surface area contributed by atoms with Crippen LogP contribution in [0.4, 0.5) is 0 Å². The highest BCUT2D eigenvalue weighted by Crippen LogP contribution is 2.48. The van der Waals surface area contributed by atoms with E-state index >= 15 is 0 Å². The van der Waals surface area contributed by atoms with Gasteiger partial charge in [-0.3, -0.25) is 9.59 Å². The molecule has 0 spiro atoms. The van der Waals surface area contributed by atoms with E-state index < -0.39 is 0 Å². The molecule has 3 aromatic rings. The fourth-order valence-electron chi connectivity index (χ4n) is 4.73. The van der Waals surface area contributed by atoms with Crippen molar-refractivity contribution in [3.63, 3.8) is 0 Å². The van der Waals surface area contributed by atoms with Crippen LogP contribution in [0.2, 0.25) is 0 Å². The number of H-pyrrole nitrogens is 1. The Kier molecular flexibility index (Phi) is 4.43. The topological polar surface area (TPSA) is 95.6 Å². The van der Waals surface area contributed by atoms with Crippen molar-refractivity contribution in [3.8, 4) is 5.75 Å². The van der Waals surface area contributed by atoms with E-state index in [4.69, 9.17) is 4.74 Å². The molecule has 3 heterocycles. The van der Waals surface area contributed by atoms with Crippen molar-refractivity contribution in [2.75, 3.05) is 13.1 Å². The van der Waals surface area contributed by atoms with Crippen molar-refractivity contribution in [1.82, 2.24) is 15.7 Å². The number of hydrazone groups is 1. The van der Waals surface area contributed by atoms with Gasteiger partial charge in [-0.05, 0) is 42.5 Å². The first kappa shape index (κ1) is 19.0. The van der Waals surface area contributed by atoms with Crippen LogP contribution in [-0.4, -0.2) is 36.2 Å². The molecule has 1 fully saturated rings. The number of amides is 1. The summed E-state index contributed by atoms with van der Waals surface area (Å²) >= 11 is 0. The van der Waals surface area contributed by atoms with Gasteiger partial charge in [-0.1, -0.05) is 36.4 Å². The molecule has 2 aromatic carbocycles. The van der Waals surface area contributed by atoms with Gasteiger partial charge in [0.25, 0.3) is 5.91 Å². The van der Waals surface area contributed by atoms with Crippen LogP contribution in [0.1, 0.15) is 45.9 Å². The highest BCUT2D eigenvalue weighted by molar-refractivity contribution is 6.16. The number of rotatable bonds is 4. The molecule has 7 nitrogen and oxygen atoms in total. The molecule has 7 heteroatoms. The lowest BCUT2D eigenvalue weighted by Crippen LogP contribution is -2.20. The lowest BCUT2D eigenvalue weighted by Gasteiger charge is -2.13. The molecule has 0 saturated heterocycles. The van der Waals surface area contributed by atoms with Crippen molar-refractivity contribution < 1.29 is 14.3 Å². The van der Waals surface area contributed by atoms with E-state index in [2.05, 4.69) is 26.9 Å². The van der Waals surface area contributed by atoms with E-state index in [9.17, 15) is 9.59 Å². The number of hydrogen-bond acceptors (Lipinski definition) is 5. The zero-order chi connectivity index (χ0) is 21.7. The molecular weight excluding hydrogens is 404 g/mol. The van der Waals surface area contributed by atoms with E-state index in [1.807, 2.05) is 30.3 Å². The van der Waals surface area contributed by atoms with Crippen LogP contribution in [0.15, 0.2) is 53.6 Å². The summed E-state index contributed by atoms with van der Waals surface area (Å²) in [4.78, 5) is 28.9. The zero-order valence-corrected chi connectivity index (χ0v) is 17.4. The minimum absolute atomic E-state index is 0.154. The Labute approximate surface area is 184 Å². The Morgan fingerprint density at radius 1 is 1.16 bits per heavy atom. The molecule has 2 atom stereocenters. The Morgan fingerprint density at radius 3 is 2.84 bits per heavy atom. The number of nitrogens with zero attached hydrogens (tertiary/aromatic N) is 1. The van der Waals surface area contributed by atoms with Crippen LogP contribution < -0.4 is 15.5 Å². The van der Waals surface area contributed by atoms with Gasteiger partial charge in [0.15, 0.2) is 0 Å². The standard InChI is InChI=1S/C25H22N4O3/c30-24-19-10-16(32-25(31)18-12-17(18)14-4-2-1-3-5-14)11-21-22(19)20(13-27-29-24)23(28-21)15-6-8-26-9-7-15/h1-6,10-11,13,17-18,26,28H,7-9,12H2,(H,29,30)/t17-,18+/m0/s1. The number of carbonyl (C=O) groups is 2. The fourth-order valence-corrected chi connectivity index (χ4v) is 4.73. The monoisotopic (exact) mass is 426 g/mol. The molecule has 0 radical (unpaired) electrons. The van der Waals surface area contributed by atoms with Crippen LogP contribution in [0, 0.1) is 5.92 Å². The maximum Gasteiger partial charge on any atom is 0.314 e. The molecule has 1 aromatic heterocycles. The van der Waals surface area contributed by atoms with Crippen molar-refractivity contribution in [3.05, 3.63) is 70.9 Å². The Hall–Kier alpha value is -3.71. The van der Waals surface area contributed by atoms with Gasteiger partial charge in [-0.25, -0.2) is 5.43 Å². The smallest absolute Gasteiger partial charge is 0.314 e. The molecule has 1 saturated carbocycles. The Morgan fingerprint density at radius 2 is 2.03 bits per heavy atom. The number of esters is 1. The second-order valence-electron chi connectivity index (χ2n) is 8.47. The lowest BCUT2D eigenvalue weighted by molar-refractivity contribution is -0.135. The summed E-state index contributed by atoms with van der Waals surface area (Å²) in [5.74, 6) is -0.169. The van der Waals surface area contributed by atoms with E-state index in [0.29, 0.717) is 11.3 Å². The molecule has 2 aliphatic heterocycles. The first-order valence-corrected chi connectivity index (χ1v) is 10.9. The predicted octanol–water partition coefficient (Wildman–Crippen LogP) is 3.33. The van der Waals surface area contributed by atoms with Gasteiger partial charge in [0.2, 0.25) is 0 Å². The molecule has 3 aliphatic rings. The van der Waals surface area contributed by atoms with Gasteiger partial charge >= 0.3 is 5.97 Å². The molecule has 0 bridgehead atoms. The van der Waals surface area contributed by atoms with Gasteiger partial charge in [0, 0.05) is 23.6 Å². The number of hydrogen-bond donors (Lipinski definition) is 3. The highest BCUT2D eigenvalue weighted by Gasteiger charge is 2.45. The van der Waals surface area contributed by atoms with E-state index in [1.54, 1.807) is 18.3 Å². The third-order valence-electron chi connectivity index (χ3n) is 6.44. The number of aromatic amines is 1. The van der Waals surface area contributed by atoms with Crippen molar-refractivity contribution >= 4 is 34.6 Å². The molecule has 32 heavy (non-hydrogen) atoms. The number of carbonyl (C=O) groups excluding carboxylic acids is 2. The number of aromatic nitrogens is 1. The molecule has 160 valence electrons. The second-order valence-corrected chi connectivity index (χ2v) is 8.47. The van der Waals surface area contributed by atoms with Crippen LogP contribution in [-0.2, 0) is 4.79 Å². The summed E-state index contributed by atoms with van der Waals surface area (Å²) in [6.45, 7) is 1.70.